The maximum atomic E-state index is 14.2. The fourth-order valence-electron chi connectivity index (χ4n) is 6.16. The Morgan fingerprint density at radius 2 is 1.64 bits per heavy atom. The molecule has 33 heavy (non-hydrogen) atoms. The number of fused-ring (bicyclic) bond motifs is 3. The number of rotatable bonds is 6. The molecule has 0 spiro atoms. The first kappa shape index (κ1) is 24.0. The zero-order chi connectivity index (χ0) is 23.8. The number of ketones is 2. The zero-order valence-electron chi connectivity index (χ0n) is 20.4. The summed E-state index contributed by atoms with van der Waals surface area (Å²) in [4.78, 5) is 27.6. The smallest absolute Gasteiger partial charge is 0.175 e. The van der Waals surface area contributed by atoms with Crippen molar-refractivity contribution in [3.05, 3.63) is 35.9 Å². The Morgan fingerprint density at radius 3 is 2.30 bits per heavy atom. The summed E-state index contributed by atoms with van der Waals surface area (Å²) in [5.41, 5.74) is -0.138. The summed E-state index contributed by atoms with van der Waals surface area (Å²) in [7, 11) is 3.18. The molecule has 0 aliphatic heterocycles. The van der Waals surface area contributed by atoms with E-state index in [4.69, 9.17) is 18.9 Å². The molecular formula is C27H36O6. The number of benzene rings is 1. The standard InChI is InChI=1S/C27H36O6/c1-26(2)17-9-14-21(26)24(32-16-30-4)25(29)27(3)20(7-6-8-23(27)28)22(15-17)33-19-12-10-18(31-5)11-13-19/h10-13,15,20-22,24H,6-9,14,16H2,1-5H3/b17-15+/t20-,21-,22-,24-,27+/m1/s1. The Labute approximate surface area is 196 Å². The molecule has 0 N–H and O–H groups in total. The van der Waals surface area contributed by atoms with Gasteiger partial charge in [0, 0.05) is 25.4 Å². The molecule has 2 saturated carbocycles. The van der Waals surface area contributed by atoms with Gasteiger partial charge in [0.15, 0.2) is 5.78 Å². The van der Waals surface area contributed by atoms with Crippen LogP contribution in [0.3, 0.4) is 0 Å². The molecule has 3 aliphatic carbocycles. The van der Waals surface area contributed by atoms with Crippen LogP contribution in [0, 0.1) is 22.7 Å². The van der Waals surface area contributed by atoms with Gasteiger partial charge in [-0.05, 0) is 68.4 Å². The van der Waals surface area contributed by atoms with E-state index < -0.39 is 11.5 Å². The van der Waals surface area contributed by atoms with Crippen LogP contribution >= 0.6 is 0 Å². The van der Waals surface area contributed by atoms with Crippen molar-refractivity contribution in [2.75, 3.05) is 21.0 Å². The Kier molecular flexibility index (Phi) is 6.70. The minimum Gasteiger partial charge on any atom is -0.497 e. The topological polar surface area (TPSA) is 71.1 Å². The highest BCUT2D eigenvalue weighted by atomic mass is 16.7. The SMILES string of the molecule is COCO[C@H]1C(=O)[C@]2(C)C(=O)CCC[C@@H]2[C@H](Oc2ccc(OC)cc2)/C=C2\CC[C@H]1C2(C)C. The molecule has 0 saturated heterocycles. The number of hydrogen-bond donors (Lipinski definition) is 0. The second kappa shape index (κ2) is 9.22. The highest BCUT2D eigenvalue weighted by molar-refractivity contribution is 6.09. The van der Waals surface area contributed by atoms with Crippen LogP contribution in [0.5, 0.6) is 11.5 Å². The third-order valence-electron chi connectivity index (χ3n) is 8.31. The Bertz CT molecular complexity index is 917. The Balaban J connectivity index is 1.81. The largest absolute Gasteiger partial charge is 0.497 e. The number of ether oxygens (including phenoxy) is 4. The van der Waals surface area contributed by atoms with Gasteiger partial charge in [0.2, 0.25) is 0 Å². The molecule has 0 radical (unpaired) electrons. The predicted molar refractivity (Wildman–Crippen MR) is 124 cm³/mol. The zero-order valence-corrected chi connectivity index (χ0v) is 20.4. The summed E-state index contributed by atoms with van der Waals surface area (Å²) < 4.78 is 23.0. The van der Waals surface area contributed by atoms with Gasteiger partial charge in [-0.1, -0.05) is 19.4 Å². The fraction of sp³-hybridized carbons (Fsp3) is 0.630. The molecule has 0 aromatic heterocycles. The van der Waals surface area contributed by atoms with E-state index in [2.05, 4.69) is 19.9 Å². The predicted octanol–water partition coefficient (Wildman–Crippen LogP) is 4.75. The molecule has 3 aliphatic rings. The van der Waals surface area contributed by atoms with Crippen molar-refractivity contribution in [2.24, 2.45) is 22.7 Å². The monoisotopic (exact) mass is 456 g/mol. The van der Waals surface area contributed by atoms with E-state index in [9.17, 15) is 9.59 Å². The molecule has 0 heterocycles. The van der Waals surface area contributed by atoms with Gasteiger partial charge in [-0.15, -0.1) is 0 Å². The highest BCUT2D eigenvalue weighted by Gasteiger charge is 2.59. The molecule has 2 bridgehead atoms. The van der Waals surface area contributed by atoms with Crippen molar-refractivity contribution in [3.8, 4) is 11.5 Å². The van der Waals surface area contributed by atoms with Gasteiger partial charge in [0.1, 0.15) is 36.3 Å². The summed E-state index contributed by atoms with van der Waals surface area (Å²) >= 11 is 0. The Hall–Kier alpha value is -2.18. The van der Waals surface area contributed by atoms with Gasteiger partial charge in [-0.2, -0.15) is 0 Å². The molecular weight excluding hydrogens is 420 g/mol. The summed E-state index contributed by atoms with van der Waals surface area (Å²) in [5.74, 6) is 1.05. The van der Waals surface area contributed by atoms with Gasteiger partial charge in [-0.3, -0.25) is 9.59 Å². The van der Waals surface area contributed by atoms with Crippen molar-refractivity contribution in [1.29, 1.82) is 0 Å². The molecule has 6 heteroatoms. The van der Waals surface area contributed by atoms with Crippen molar-refractivity contribution < 1.29 is 28.5 Å². The molecule has 5 atom stereocenters. The third kappa shape index (κ3) is 4.12. The maximum absolute atomic E-state index is 14.2. The van der Waals surface area contributed by atoms with E-state index in [1.807, 2.05) is 31.2 Å². The number of carbonyl (C=O) groups is 2. The second-order valence-electron chi connectivity index (χ2n) is 10.3. The van der Waals surface area contributed by atoms with Crippen molar-refractivity contribution in [1.82, 2.24) is 0 Å². The molecule has 4 rings (SSSR count). The van der Waals surface area contributed by atoms with Crippen molar-refractivity contribution in [3.63, 3.8) is 0 Å². The van der Waals surface area contributed by atoms with Gasteiger partial charge >= 0.3 is 0 Å². The molecule has 0 amide bonds. The van der Waals surface area contributed by atoms with Gasteiger partial charge in [-0.25, -0.2) is 0 Å². The number of methoxy groups -OCH3 is 2. The van der Waals surface area contributed by atoms with Crippen LogP contribution in [0.1, 0.15) is 52.9 Å². The van der Waals surface area contributed by atoms with E-state index in [1.165, 1.54) is 5.57 Å². The van der Waals surface area contributed by atoms with Crippen LogP contribution in [-0.2, 0) is 19.1 Å². The van der Waals surface area contributed by atoms with Crippen molar-refractivity contribution in [2.45, 2.75) is 65.1 Å². The first-order valence-corrected chi connectivity index (χ1v) is 11.9. The van der Waals surface area contributed by atoms with E-state index >= 15 is 0 Å². The summed E-state index contributed by atoms with van der Waals surface area (Å²) in [6.07, 6.45) is 4.79. The molecule has 180 valence electrons. The van der Waals surface area contributed by atoms with E-state index in [0.29, 0.717) is 12.2 Å². The molecule has 2 fully saturated rings. The van der Waals surface area contributed by atoms with E-state index in [1.54, 1.807) is 14.2 Å². The third-order valence-corrected chi connectivity index (χ3v) is 8.31. The normalized spacial score (nSPS) is 35.0. The lowest BCUT2D eigenvalue weighted by molar-refractivity contribution is -0.168. The summed E-state index contributed by atoms with van der Waals surface area (Å²) in [6.45, 7) is 6.20. The number of carbonyl (C=O) groups excluding carboxylic acids is 2. The number of allylic oxidation sites excluding steroid dienone is 1. The average Bonchev–Trinajstić information content (AvgIpc) is 3.09. The minimum absolute atomic E-state index is 0.00734. The molecule has 1 aromatic rings. The lowest BCUT2D eigenvalue weighted by Gasteiger charge is -2.44. The highest BCUT2D eigenvalue weighted by Crippen LogP contribution is 2.54. The first-order chi connectivity index (χ1) is 15.7. The summed E-state index contributed by atoms with van der Waals surface area (Å²) in [6, 6.07) is 7.47. The average molecular weight is 457 g/mol. The lowest BCUT2D eigenvalue weighted by atomic mass is 9.60. The van der Waals surface area contributed by atoms with Crippen LogP contribution in [0.25, 0.3) is 0 Å². The van der Waals surface area contributed by atoms with Gasteiger partial charge in [0.05, 0.1) is 12.5 Å². The van der Waals surface area contributed by atoms with Crippen LogP contribution in [0.2, 0.25) is 0 Å². The van der Waals surface area contributed by atoms with Gasteiger partial charge < -0.3 is 18.9 Å². The van der Waals surface area contributed by atoms with Crippen LogP contribution in [0.4, 0.5) is 0 Å². The maximum Gasteiger partial charge on any atom is 0.175 e. The van der Waals surface area contributed by atoms with E-state index in [-0.39, 0.29) is 41.7 Å². The number of hydrogen-bond acceptors (Lipinski definition) is 6. The van der Waals surface area contributed by atoms with E-state index in [0.717, 1.165) is 31.4 Å². The van der Waals surface area contributed by atoms with Crippen molar-refractivity contribution >= 4 is 11.6 Å². The quantitative estimate of drug-likeness (QED) is 0.349. The fourth-order valence-corrected chi connectivity index (χ4v) is 6.16. The summed E-state index contributed by atoms with van der Waals surface area (Å²) in [5, 5.41) is 0. The van der Waals surface area contributed by atoms with Crippen LogP contribution < -0.4 is 9.47 Å². The van der Waals surface area contributed by atoms with Crippen LogP contribution in [-0.4, -0.2) is 44.8 Å². The van der Waals surface area contributed by atoms with Gasteiger partial charge in [0.25, 0.3) is 0 Å². The first-order valence-electron chi connectivity index (χ1n) is 11.9. The van der Waals surface area contributed by atoms with Crippen LogP contribution in [0.15, 0.2) is 35.9 Å². The molecule has 0 unspecified atom stereocenters. The second-order valence-corrected chi connectivity index (χ2v) is 10.3. The number of Topliss-reactive ketones (excluding diaryl/α,β-unsaturated/α-hetero) is 2. The lowest BCUT2D eigenvalue weighted by Crippen LogP contribution is -2.56. The minimum atomic E-state index is -1.16. The molecule has 6 nitrogen and oxygen atoms in total. The molecule has 1 aromatic carbocycles. The Morgan fingerprint density at radius 1 is 0.939 bits per heavy atom.